The van der Waals surface area contributed by atoms with Crippen molar-refractivity contribution in [1.29, 1.82) is 0 Å². The first-order valence-electron chi connectivity index (χ1n) is 6.79. The van der Waals surface area contributed by atoms with Gasteiger partial charge in [0.25, 0.3) is 0 Å². The molecule has 0 aromatic rings. The van der Waals surface area contributed by atoms with E-state index in [1.54, 1.807) is 4.90 Å². The minimum Gasteiger partial charge on any atom is -0.480 e. The highest BCUT2D eigenvalue weighted by molar-refractivity contribution is 5.82. The van der Waals surface area contributed by atoms with Gasteiger partial charge in [-0.3, -0.25) is 0 Å². The van der Waals surface area contributed by atoms with Gasteiger partial charge in [-0.1, -0.05) is 26.7 Å². The van der Waals surface area contributed by atoms with E-state index in [2.05, 4.69) is 5.32 Å². The van der Waals surface area contributed by atoms with E-state index in [0.717, 1.165) is 38.8 Å². The number of amides is 2. The van der Waals surface area contributed by atoms with Crippen molar-refractivity contribution in [3.63, 3.8) is 0 Å². The van der Waals surface area contributed by atoms with Crippen molar-refractivity contribution in [2.75, 3.05) is 13.1 Å². The normalized spacial score (nSPS) is 18.3. The number of carboxylic acids is 1. The summed E-state index contributed by atoms with van der Waals surface area (Å²) in [7, 11) is 0. The Bertz CT molecular complexity index is 284. The number of nitrogens with one attached hydrogen (secondary N) is 1. The number of hydrogen-bond acceptors (Lipinski definition) is 2. The number of nitrogens with zero attached hydrogens (tertiary/aromatic N) is 1. The SMILES string of the molecule is CC(C)C[C@@H](NC(=O)N1CCCCCC1)C(=O)O. The molecular formula is C13H24N2O3. The van der Waals surface area contributed by atoms with Crippen LogP contribution in [0.1, 0.15) is 46.0 Å². The quantitative estimate of drug-likeness (QED) is 0.809. The van der Waals surface area contributed by atoms with Crippen LogP contribution in [0.15, 0.2) is 0 Å². The maximum atomic E-state index is 12.0. The number of hydrogen-bond donors (Lipinski definition) is 2. The summed E-state index contributed by atoms with van der Waals surface area (Å²) in [6, 6.07) is -1.01. The van der Waals surface area contributed by atoms with Crippen LogP contribution < -0.4 is 5.32 Å². The van der Waals surface area contributed by atoms with Crippen LogP contribution in [0.4, 0.5) is 4.79 Å². The van der Waals surface area contributed by atoms with Gasteiger partial charge in [0.05, 0.1) is 0 Å². The second kappa shape index (κ2) is 7.24. The molecule has 5 heteroatoms. The molecule has 0 aromatic heterocycles. The minimum atomic E-state index is -0.952. The molecule has 5 nitrogen and oxygen atoms in total. The highest BCUT2D eigenvalue weighted by atomic mass is 16.4. The predicted molar refractivity (Wildman–Crippen MR) is 69.5 cm³/mol. The van der Waals surface area contributed by atoms with Crippen molar-refractivity contribution in [2.45, 2.75) is 52.0 Å². The maximum Gasteiger partial charge on any atom is 0.326 e. The number of carboxylic acid groups (broad SMARTS) is 1. The van der Waals surface area contributed by atoms with Gasteiger partial charge in [0, 0.05) is 13.1 Å². The van der Waals surface area contributed by atoms with E-state index >= 15 is 0 Å². The highest BCUT2D eigenvalue weighted by Gasteiger charge is 2.24. The molecule has 1 heterocycles. The molecule has 104 valence electrons. The van der Waals surface area contributed by atoms with Crippen LogP contribution in [-0.2, 0) is 4.79 Å². The van der Waals surface area contributed by atoms with Crippen LogP contribution in [0, 0.1) is 5.92 Å². The summed E-state index contributed by atoms with van der Waals surface area (Å²) in [5, 5.41) is 11.7. The third-order valence-electron chi connectivity index (χ3n) is 3.20. The van der Waals surface area contributed by atoms with E-state index in [1.165, 1.54) is 0 Å². The van der Waals surface area contributed by atoms with Crippen LogP contribution >= 0.6 is 0 Å². The number of likely N-dealkylation sites (tertiary alicyclic amines) is 1. The summed E-state index contributed by atoms with van der Waals surface area (Å²) in [4.78, 5) is 24.8. The first-order chi connectivity index (χ1) is 8.50. The van der Waals surface area contributed by atoms with E-state index < -0.39 is 12.0 Å². The molecule has 1 aliphatic heterocycles. The summed E-state index contributed by atoms with van der Waals surface area (Å²) in [6.45, 7) is 5.38. The van der Waals surface area contributed by atoms with Crippen molar-refractivity contribution in [3.05, 3.63) is 0 Å². The topological polar surface area (TPSA) is 69.6 Å². The molecule has 0 aromatic carbocycles. The lowest BCUT2D eigenvalue weighted by molar-refractivity contribution is -0.139. The Morgan fingerprint density at radius 2 is 1.72 bits per heavy atom. The lowest BCUT2D eigenvalue weighted by Crippen LogP contribution is -2.48. The zero-order valence-electron chi connectivity index (χ0n) is 11.3. The van der Waals surface area contributed by atoms with Gasteiger partial charge in [-0.05, 0) is 25.2 Å². The lowest BCUT2D eigenvalue weighted by Gasteiger charge is -2.24. The second-order valence-corrected chi connectivity index (χ2v) is 5.37. The summed E-state index contributed by atoms with van der Waals surface area (Å²) < 4.78 is 0. The van der Waals surface area contributed by atoms with Crippen molar-refractivity contribution in [2.24, 2.45) is 5.92 Å². The summed E-state index contributed by atoms with van der Waals surface area (Å²) in [5.41, 5.74) is 0. The Kier molecular flexibility index (Phi) is 5.95. The third-order valence-corrected chi connectivity index (χ3v) is 3.20. The number of aliphatic carboxylic acids is 1. The van der Waals surface area contributed by atoms with Crippen LogP contribution in [0.3, 0.4) is 0 Å². The van der Waals surface area contributed by atoms with Crippen molar-refractivity contribution in [3.8, 4) is 0 Å². The van der Waals surface area contributed by atoms with Crippen LogP contribution in [0.25, 0.3) is 0 Å². The summed E-state index contributed by atoms with van der Waals surface area (Å²) >= 11 is 0. The molecule has 0 unspecified atom stereocenters. The van der Waals surface area contributed by atoms with Crippen molar-refractivity contribution < 1.29 is 14.7 Å². The number of rotatable bonds is 4. The van der Waals surface area contributed by atoms with Crippen LogP contribution in [-0.4, -0.2) is 41.1 Å². The van der Waals surface area contributed by atoms with Crippen LogP contribution in [0.2, 0.25) is 0 Å². The lowest BCUT2D eigenvalue weighted by atomic mass is 10.0. The second-order valence-electron chi connectivity index (χ2n) is 5.37. The molecule has 1 aliphatic rings. The van der Waals surface area contributed by atoms with E-state index in [1.807, 2.05) is 13.8 Å². The van der Waals surface area contributed by atoms with Gasteiger partial charge in [0.15, 0.2) is 0 Å². The molecule has 1 fully saturated rings. The fraction of sp³-hybridized carbons (Fsp3) is 0.846. The van der Waals surface area contributed by atoms with Crippen LogP contribution in [0.5, 0.6) is 0 Å². The number of carbonyl (C=O) groups is 2. The molecule has 2 amide bonds. The highest BCUT2D eigenvalue weighted by Crippen LogP contribution is 2.11. The molecule has 0 saturated carbocycles. The largest absolute Gasteiger partial charge is 0.480 e. The standard InChI is InChI=1S/C13H24N2O3/c1-10(2)9-11(12(16)17)14-13(18)15-7-5-3-4-6-8-15/h10-11H,3-9H2,1-2H3,(H,14,18)(H,16,17)/t11-/m1/s1. The summed E-state index contributed by atoms with van der Waals surface area (Å²) in [6.07, 6.45) is 4.79. The molecule has 1 saturated heterocycles. The Morgan fingerprint density at radius 1 is 1.17 bits per heavy atom. The molecule has 1 atom stereocenters. The molecular weight excluding hydrogens is 232 g/mol. The first-order valence-corrected chi connectivity index (χ1v) is 6.79. The Morgan fingerprint density at radius 3 is 2.17 bits per heavy atom. The molecule has 18 heavy (non-hydrogen) atoms. The Balaban J connectivity index is 2.51. The zero-order chi connectivity index (χ0) is 13.5. The van der Waals surface area contributed by atoms with Crippen molar-refractivity contribution >= 4 is 12.0 Å². The smallest absolute Gasteiger partial charge is 0.326 e. The Hall–Kier alpha value is -1.26. The van der Waals surface area contributed by atoms with Gasteiger partial charge < -0.3 is 15.3 Å². The average Bonchev–Trinajstić information content (AvgIpc) is 2.55. The molecule has 2 N–H and O–H groups in total. The fourth-order valence-electron chi connectivity index (χ4n) is 2.21. The Labute approximate surface area is 109 Å². The predicted octanol–water partition coefficient (Wildman–Crippen LogP) is 2.07. The summed E-state index contributed by atoms with van der Waals surface area (Å²) in [5.74, 6) is -0.706. The van der Waals surface area contributed by atoms with E-state index in [0.29, 0.717) is 6.42 Å². The third kappa shape index (κ3) is 4.94. The number of urea groups is 1. The van der Waals surface area contributed by atoms with Crippen molar-refractivity contribution in [1.82, 2.24) is 10.2 Å². The number of carbonyl (C=O) groups excluding carboxylic acids is 1. The van der Waals surface area contributed by atoms with Gasteiger partial charge in [0.1, 0.15) is 6.04 Å². The molecule has 0 spiro atoms. The zero-order valence-corrected chi connectivity index (χ0v) is 11.3. The van der Waals surface area contributed by atoms with Gasteiger partial charge in [-0.15, -0.1) is 0 Å². The van der Waals surface area contributed by atoms with Gasteiger partial charge in [-0.25, -0.2) is 9.59 Å². The van der Waals surface area contributed by atoms with Gasteiger partial charge in [-0.2, -0.15) is 0 Å². The van der Waals surface area contributed by atoms with Gasteiger partial charge in [0.2, 0.25) is 0 Å². The minimum absolute atomic E-state index is 0.232. The average molecular weight is 256 g/mol. The maximum absolute atomic E-state index is 12.0. The molecule has 0 bridgehead atoms. The van der Waals surface area contributed by atoms with E-state index in [-0.39, 0.29) is 11.9 Å². The van der Waals surface area contributed by atoms with E-state index in [9.17, 15) is 9.59 Å². The molecule has 1 rings (SSSR count). The van der Waals surface area contributed by atoms with Gasteiger partial charge >= 0.3 is 12.0 Å². The van der Waals surface area contributed by atoms with E-state index in [4.69, 9.17) is 5.11 Å². The molecule has 0 aliphatic carbocycles. The monoisotopic (exact) mass is 256 g/mol. The fourth-order valence-corrected chi connectivity index (χ4v) is 2.21. The first kappa shape index (κ1) is 14.8. The molecule has 0 radical (unpaired) electrons.